The van der Waals surface area contributed by atoms with E-state index in [1.54, 1.807) is 0 Å². The van der Waals surface area contributed by atoms with Gasteiger partial charge in [0.1, 0.15) is 0 Å². The average Bonchev–Trinajstić information content (AvgIpc) is 2.18. The van der Waals surface area contributed by atoms with Crippen LogP contribution in [0.2, 0.25) is 0 Å². The van der Waals surface area contributed by atoms with Crippen LogP contribution in [0.4, 0.5) is 0 Å². The molecular formula is C13H12N. The Labute approximate surface area is 84.4 Å². The second-order valence-electron chi connectivity index (χ2n) is 3.46. The highest BCUT2D eigenvalue weighted by atomic mass is 14.7. The molecule has 0 amide bonds. The maximum atomic E-state index is 4.48. The summed E-state index contributed by atoms with van der Waals surface area (Å²) in [5.41, 5.74) is 4.46. The molecule has 0 bridgehead atoms. The smallest absolute Gasteiger partial charge is 0.0708 e. The molecule has 1 aromatic heterocycles. The van der Waals surface area contributed by atoms with Crippen molar-refractivity contribution in [3.8, 4) is 11.3 Å². The van der Waals surface area contributed by atoms with Crippen molar-refractivity contribution in [3.05, 3.63) is 53.7 Å². The fraction of sp³-hybridized carbons (Fsp3) is 0.154. The summed E-state index contributed by atoms with van der Waals surface area (Å²) in [7, 11) is 0. The van der Waals surface area contributed by atoms with Gasteiger partial charge in [0.25, 0.3) is 0 Å². The van der Waals surface area contributed by atoms with Gasteiger partial charge in [0.2, 0.25) is 0 Å². The Hall–Kier alpha value is -1.63. The van der Waals surface area contributed by atoms with Crippen LogP contribution in [0.3, 0.4) is 0 Å². The van der Waals surface area contributed by atoms with Crippen LogP contribution in [0.5, 0.6) is 0 Å². The van der Waals surface area contributed by atoms with Gasteiger partial charge in [-0.15, -0.1) is 0 Å². The van der Waals surface area contributed by atoms with Gasteiger partial charge in [-0.2, -0.15) is 0 Å². The maximum Gasteiger partial charge on any atom is 0.0708 e. The van der Waals surface area contributed by atoms with Crippen molar-refractivity contribution in [1.82, 2.24) is 4.98 Å². The van der Waals surface area contributed by atoms with Gasteiger partial charge < -0.3 is 0 Å². The van der Waals surface area contributed by atoms with Crippen LogP contribution in [0, 0.1) is 19.9 Å². The van der Waals surface area contributed by atoms with Gasteiger partial charge in [-0.25, -0.2) is 0 Å². The Morgan fingerprint density at radius 3 is 2.71 bits per heavy atom. The summed E-state index contributed by atoms with van der Waals surface area (Å²) in [6.45, 7) is 4.11. The first kappa shape index (κ1) is 8.95. The Balaban J connectivity index is 2.52. The standard InChI is InChI=1S/C13H12N/c1-10-8-11(2)14-13(9-10)12-6-4-3-5-7-12/h3-4,6-9H,1-2H3. The molecule has 0 saturated heterocycles. The van der Waals surface area contributed by atoms with Crippen LogP contribution in [-0.2, 0) is 0 Å². The second kappa shape index (κ2) is 3.62. The van der Waals surface area contributed by atoms with E-state index >= 15 is 0 Å². The zero-order chi connectivity index (χ0) is 9.97. The lowest BCUT2D eigenvalue weighted by Crippen LogP contribution is -1.88. The van der Waals surface area contributed by atoms with Crippen molar-refractivity contribution >= 4 is 0 Å². The zero-order valence-electron chi connectivity index (χ0n) is 8.41. The summed E-state index contributed by atoms with van der Waals surface area (Å²) >= 11 is 0. The van der Waals surface area contributed by atoms with E-state index in [9.17, 15) is 0 Å². The first-order valence-corrected chi connectivity index (χ1v) is 4.67. The molecule has 0 aliphatic rings. The molecule has 0 aliphatic carbocycles. The van der Waals surface area contributed by atoms with E-state index in [1.807, 2.05) is 25.1 Å². The summed E-state index contributed by atoms with van der Waals surface area (Å²) in [4.78, 5) is 4.48. The summed E-state index contributed by atoms with van der Waals surface area (Å²) in [6, 6.07) is 15.1. The molecule has 1 radical (unpaired) electrons. The summed E-state index contributed by atoms with van der Waals surface area (Å²) in [5, 5.41) is 0. The van der Waals surface area contributed by atoms with Crippen LogP contribution in [-0.4, -0.2) is 4.98 Å². The lowest BCUT2D eigenvalue weighted by molar-refractivity contribution is 1.18. The monoisotopic (exact) mass is 182 g/mol. The molecule has 14 heavy (non-hydrogen) atoms. The highest BCUT2D eigenvalue weighted by Gasteiger charge is 1.99. The van der Waals surface area contributed by atoms with E-state index in [-0.39, 0.29) is 0 Å². The number of hydrogen-bond acceptors (Lipinski definition) is 1. The number of aromatic nitrogens is 1. The Morgan fingerprint density at radius 1 is 1.21 bits per heavy atom. The van der Waals surface area contributed by atoms with Crippen LogP contribution in [0.1, 0.15) is 11.3 Å². The minimum atomic E-state index is 1.03. The predicted octanol–water partition coefficient (Wildman–Crippen LogP) is 3.17. The molecular weight excluding hydrogens is 170 g/mol. The lowest BCUT2D eigenvalue weighted by atomic mass is 10.1. The topological polar surface area (TPSA) is 12.9 Å². The van der Waals surface area contributed by atoms with Crippen molar-refractivity contribution in [2.24, 2.45) is 0 Å². The molecule has 1 heterocycles. The first-order chi connectivity index (χ1) is 6.75. The van der Waals surface area contributed by atoms with Crippen molar-refractivity contribution < 1.29 is 0 Å². The average molecular weight is 182 g/mol. The third kappa shape index (κ3) is 1.82. The molecule has 1 aromatic carbocycles. The molecule has 69 valence electrons. The van der Waals surface area contributed by atoms with E-state index in [0.717, 1.165) is 17.0 Å². The molecule has 0 spiro atoms. The van der Waals surface area contributed by atoms with Gasteiger partial charge in [0.05, 0.1) is 5.69 Å². The van der Waals surface area contributed by atoms with Crippen molar-refractivity contribution in [3.63, 3.8) is 0 Å². The third-order valence-electron chi connectivity index (χ3n) is 2.10. The van der Waals surface area contributed by atoms with Gasteiger partial charge in [-0.1, -0.05) is 18.2 Å². The summed E-state index contributed by atoms with van der Waals surface area (Å²) < 4.78 is 0. The quantitative estimate of drug-likeness (QED) is 0.660. The largest absolute Gasteiger partial charge is 0.253 e. The number of rotatable bonds is 1. The Kier molecular flexibility index (Phi) is 2.32. The van der Waals surface area contributed by atoms with Crippen LogP contribution in [0.15, 0.2) is 36.4 Å². The number of nitrogens with zero attached hydrogens (tertiary/aromatic N) is 1. The Bertz CT molecular complexity index is 412. The highest BCUT2D eigenvalue weighted by molar-refractivity contribution is 5.59. The normalized spacial score (nSPS) is 10.1. The predicted molar refractivity (Wildman–Crippen MR) is 58.0 cm³/mol. The van der Waals surface area contributed by atoms with Crippen LogP contribution in [0.25, 0.3) is 11.3 Å². The molecule has 2 aromatic rings. The zero-order valence-corrected chi connectivity index (χ0v) is 8.41. The third-order valence-corrected chi connectivity index (χ3v) is 2.10. The number of aryl methyl sites for hydroxylation is 2. The van der Waals surface area contributed by atoms with Crippen molar-refractivity contribution in [2.45, 2.75) is 13.8 Å². The molecule has 0 aliphatic heterocycles. The molecule has 0 fully saturated rings. The van der Waals surface area contributed by atoms with Gasteiger partial charge in [0.15, 0.2) is 0 Å². The molecule has 0 N–H and O–H groups in total. The van der Waals surface area contributed by atoms with E-state index in [0.29, 0.717) is 0 Å². The number of benzene rings is 1. The first-order valence-electron chi connectivity index (χ1n) is 4.67. The van der Waals surface area contributed by atoms with Gasteiger partial charge in [0, 0.05) is 11.3 Å². The molecule has 2 rings (SSSR count). The minimum absolute atomic E-state index is 1.03. The van der Waals surface area contributed by atoms with Crippen molar-refractivity contribution in [1.29, 1.82) is 0 Å². The lowest BCUT2D eigenvalue weighted by Gasteiger charge is -2.03. The fourth-order valence-electron chi connectivity index (χ4n) is 1.54. The fourth-order valence-corrected chi connectivity index (χ4v) is 1.54. The van der Waals surface area contributed by atoms with E-state index in [4.69, 9.17) is 0 Å². The van der Waals surface area contributed by atoms with E-state index in [2.05, 4.69) is 36.2 Å². The van der Waals surface area contributed by atoms with Gasteiger partial charge in [-0.3, -0.25) is 4.98 Å². The molecule has 0 atom stereocenters. The molecule has 1 nitrogen and oxygen atoms in total. The number of pyridine rings is 1. The summed E-state index contributed by atoms with van der Waals surface area (Å²) in [5.74, 6) is 0. The minimum Gasteiger partial charge on any atom is -0.253 e. The second-order valence-corrected chi connectivity index (χ2v) is 3.46. The maximum absolute atomic E-state index is 4.48. The molecule has 0 unspecified atom stereocenters. The van der Waals surface area contributed by atoms with E-state index in [1.165, 1.54) is 5.56 Å². The number of hydrogen-bond donors (Lipinski definition) is 0. The van der Waals surface area contributed by atoms with Gasteiger partial charge >= 0.3 is 0 Å². The summed E-state index contributed by atoms with van der Waals surface area (Å²) in [6.07, 6.45) is 0. The Morgan fingerprint density at radius 2 is 2.07 bits per heavy atom. The highest BCUT2D eigenvalue weighted by Crippen LogP contribution is 2.17. The van der Waals surface area contributed by atoms with Crippen molar-refractivity contribution in [2.75, 3.05) is 0 Å². The van der Waals surface area contributed by atoms with Gasteiger partial charge in [-0.05, 0) is 43.7 Å². The molecule has 0 saturated carbocycles. The van der Waals surface area contributed by atoms with Crippen LogP contribution >= 0.6 is 0 Å². The van der Waals surface area contributed by atoms with Crippen LogP contribution < -0.4 is 0 Å². The SMILES string of the molecule is Cc1cc(C)nc(-c2c[c]ccc2)c1. The molecule has 1 heteroatoms. The van der Waals surface area contributed by atoms with E-state index < -0.39 is 0 Å².